The predicted molar refractivity (Wildman–Crippen MR) is 106 cm³/mol. The van der Waals surface area contributed by atoms with Crippen LogP contribution in [0.5, 0.6) is 5.88 Å². The number of nitrogens with zero attached hydrogens (tertiary/aromatic N) is 4. The molecule has 0 aromatic carbocycles. The number of sulfonamides is 1. The maximum Gasteiger partial charge on any atom is 0.236 e. The number of anilines is 1. The van der Waals surface area contributed by atoms with E-state index in [2.05, 4.69) is 15.3 Å². The van der Waals surface area contributed by atoms with Gasteiger partial charge in [-0.15, -0.1) is 0 Å². The largest absolute Gasteiger partial charge is 0.470 e. The molecule has 158 valence electrons. The highest BCUT2D eigenvalue weighted by molar-refractivity contribution is 7.88. The van der Waals surface area contributed by atoms with Crippen molar-refractivity contribution >= 4 is 16.0 Å². The molecule has 1 aliphatic carbocycles. The Labute approximate surface area is 171 Å². The summed E-state index contributed by atoms with van der Waals surface area (Å²) in [4.78, 5) is 8.63. The maximum atomic E-state index is 12.1. The summed E-state index contributed by atoms with van der Waals surface area (Å²) in [5, 5.41) is 23.1. The Kier molecular flexibility index (Phi) is 5.17. The molecule has 1 aromatic heterocycles. The molecule has 3 heterocycles. The average molecular weight is 422 g/mol. The molecule has 1 aromatic rings. The normalized spacial score (nSPS) is 34.7. The molecule has 3 aliphatic rings. The minimum absolute atomic E-state index is 0.00365. The minimum atomic E-state index is -3.20. The number of rotatable bonds is 5. The van der Waals surface area contributed by atoms with E-state index in [-0.39, 0.29) is 29.6 Å². The van der Waals surface area contributed by atoms with Gasteiger partial charge in [0.1, 0.15) is 17.7 Å². The number of aliphatic hydroxyl groups is 1. The zero-order valence-corrected chi connectivity index (χ0v) is 17.5. The lowest BCUT2D eigenvalue weighted by Gasteiger charge is -2.37. The summed E-state index contributed by atoms with van der Waals surface area (Å²) < 4.78 is 31.7. The van der Waals surface area contributed by atoms with Gasteiger partial charge in [-0.1, -0.05) is 0 Å². The summed E-state index contributed by atoms with van der Waals surface area (Å²) >= 11 is 0. The van der Waals surface area contributed by atoms with E-state index < -0.39 is 21.7 Å². The molecule has 2 bridgehead atoms. The van der Waals surface area contributed by atoms with E-state index in [0.717, 1.165) is 19.3 Å². The highest BCUT2D eigenvalue weighted by Crippen LogP contribution is 2.38. The van der Waals surface area contributed by atoms with E-state index in [9.17, 15) is 18.8 Å². The van der Waals surface area contributed by atoms with Crippen molar-refractivity contribution in [2.75, 3.05) is 11.6 Å². The first-order chi connectivity index (χ1) is 13.7. The molecule has 2 aliphatic heterocycles. The van der Waals surface area contributed by atoms with E-state index in [0.29, 0.717) is 31.6 Å². The van der Waals surface area contributed by atoms with Gasteiger partial charge in [-0.25, -0.2) is 13.4 Å². The fraction of sp³-hybridized carbons (Fsp3) is 0.737. The number of hydrogen-bond acceptors (Lipinski definition) is 8. The van der Waals surface area contributed by atoms with Crippen molar-refractivity contribution in [1.29, 1.82) is 5.26 Å². The summed E-state index contributed by atoms with van der Waals surface area (Å²) in [5.74, 6) is 0.530. The molecule has 3 fully saturated rings. The number of piperidine rings is 1. The second-order valence-electron chi connectivity index (χ2n) is 8.67. The van der Waals surface area contributed by atoms with Crippen LogP contribution in [0.3, 0.4) is 0 Å². The first kappa shape index (κ1) is 20.3. The van der Waals surface area contributed by atoms with Crippen LogP contribution in [0.1, 0.15) is 57.4 Å². The number of nitrogens with one attached hydrogen (secondary N) is 1. The van der Waals surface area contributed by atoms with E-state index in [1.807, 2.05) is 6.07 Å². The number of hydrogen-bond donors (Lipinski definition) is 2. The van der Waals surface area contributed by atoms with Crippen LogP contribution in [0.2, 0.25) is 0 Å². The molecule has 2 saturated heterocycles. The summed E-state index contributed by atoms with van der Waals surface area (Å²) in [7, 11) is -3.20. The van der Waals surface area contributed by atoms with Crippen LogP contribution in [0.4, 0.5) is 5.95 Å². The number of aromatic nitrogens is 2. The van der Waals surface area contributed by atoms with E-state index >= 15 is 0 Å². The molecule has 29 heavy (non-hydrogen) atoms. The molecule has 9 nitrogen and oxygen atoms in total. The summed E-state index contributed by atoms with van der Waals surface area (Å²) in [6.07, 6.45) is 7.63. The molecule has 0 spiro atoms. The third-order valence-electron chi connectivity index (χ3n) is 6.35. The van der Waals surface area contributed by atoms with Crippen molar-refractivity contribution in [1.82, 2.24) is 14.3 Å². The zero-order chi connectivity index (χ0) is 20.8. The quantitative estimate of drug-likeness (QED) is 0.730. The van der Waals surface area contributed by atoms with E-state index in [1.54, 1.807) is 11.2 Å². The summed E-state index contributed by atoms with van der Waals surface area (Å²) in [5.41, 5.74) is -0.714. The summed E-state index contributed by atoms with van der Waals surface area (Å²) in [6, 6.07) is 2.11. The molecule has 2 unspecified atom stereocenters. The Morgan fingerprint density at radius 1 is 1.34 bits per heavy atom. The van der Waals surface area contributed by atoms with Gasteiger partial charge in [-0.2, -0.15) is 14.6 Å². The molecule has 4 atom stereocenters. The Morgan fingerprint density at radius 3 is 2.59 bits per heavy atom. The van der Waals surface area contributed by atoms with Crippen LogP contribution in [0.15, 0.2) is 6.20 Å². The van der Waals surface area contributed by atoms with Crippen LogP contribution in [0, 0.1) is 11.3 Å². The van der Waals surface area contributed by atoms with Gasteiger partial charge < -0.3 is 15.2 Å². The maximum absolute atomic E-state index is 12.1. The van der Waals surface area contributed by atoms with Crippen LogP contribution < -0.4 is 10.1 Å². The fourth-order valence-electron chi connectivity index (χ4n) is 5.02. The molecule has 1 saturated carbocycles. The van der Waals surface area contributed by atoms with Crippen molar-refractivity contribution in [3.05, 3.63) is 11.8 Å². The third-order valence-corrected chi connectivity index (χ3v) is 7.72. The molecule has 4 rings (SSSR count). The van der Waals surface area contributed by atoms with Gasteiger partial charge in [0.2, 0.25) is 21.9 Å². The van der Waals surface area contributed by atoms with Gasteiger partial charge in [0.15, 0.2) is 0 Å². The van der Waals surface area contributed by atoms with Gasteiger partial charge in [-0.3, -0.25) is 0 Å². The Morgan fingerprint density at radius 2 is 2.03 bits per heavy atom. The SMILES string of the molecule is C[C@]1(O)CCC[C@H]1Oc1nc(NC2CC3CCC(C2)N3S(C)(=O)=O)ncc1C#N. The molecule has 0 radical (unpaired) electrons. The Bertz CT molecular complexity index is 915. The summed E-state index contributed by atoms with van der Waals surface area (Å²) in [6.45, 7) is 1.74. The first-order valence-electron chi connectivity index (χ1n) is 10.1. The second-order valence-corrected chi connectivity index (χ2v) is 10.6. The molecule has 0 amide bonds. The van der Waals surface area contributed by atoms with E-state index in [1.165, 1.54) is 12.5 Å². The lowest BCUT2D eigenvalue weighted by atomic mass is 10.00. The molecular formula is C19H27N5O4S. The van der Waals surface area contributed by atoms with Gasteiger partial charge in [-0.05, 0) is 51.9 Å². The van der Waals surface area contributed by atoms with Crippen LogP contribution in [-0.4, -0.2) is 63.9 Å². The highest BCUT2D eigenvalue weighted by atomic mass is 32.2. The van der Waals surface area contributed by atoms with Crippen LogP contribution in [0.25, 0.3) is 0 Å². The topological polar surface area (TPSA) is 128 Å². The van der Waals surface area contributed by atoms with Crippen LogP contribution in [-0.2, 0) is 10.0 Å². The number of ether oxygens (including phenoxy) is 1. The highest BCUT2D eigenvalue weighted by Gasteiger charge is 2.45. The van der Waals surface area contributed by atoms with Crippen molar-refractivity contribution < 1.29 is 18.3 Å². The van der Waals surface area contributed by atoms with Gasteiger partial charge in [0, 0.05) is 18.1 Å². The Balaban J connectivity index is 1.48. The van der Waals surface area contributed by atoms with Crippen molar-refractivity contribution in [3.8, 4) is 11.9 Å². The Hall–Kier alpha value is -1.96. The molecular weight excluding hydrogens is 394 g/mol. The lowest BCUT2D eigenvalue weighted by molar-refractivity contribution is -0.0271. The fourth-order valence-corrected chi connectivity index (χ4v) is 6.48. The predicted octanol–water partition coefficient (Wildman–Crippen LogP) is 1.40. The molecule has 2 N–H and O–H groups in total. The van der Waals surface area contributed by atoms with Gasteiger partial charge >= 0.3 is 0 Å². The lowest BCUT2D eigenvalue weighted by Crippen LogP contribution is -2.49. The van der Waals surface area contributed by atoms with Gasteiger partial charge in [0.25, 0.3) is 0 Å². The second kappa shape index (κ2) is 7.38. The first-order valence-corrected chi connectivity index (χ1v) is 11.9. The van der Waals surface area contributed by atoms with Crippen LogP contribution >= 0.6 is 0 Å². The standard InChI is InChI=1S/C19H27N5O4S/c1-19(25)7-3-4-16(19)28-17-12(10-20)11-21-18(23-17)22-13-8-14-5-6-15(9-13)24(14)29(2,26)27/h11,13-16,25H,3-9H2,1-2H3,(H,21,22,23)/t13?,14?,15?,16-,19+/m1/s1. The van der Waals surface area contributed by atoms with Crippen molar-refractivity contribution in [2.24, 2.45) is 0 Å². The van der Waals surface area contributed by atoms with Gasteiger partial charge in [0.05, 0.1) is 18.1 Å². The molecule has 10 heteroatoms. The number of nitriles is 1. The number of fused-ring (bicyclic) bond motifs is 2. The smallest absolute Gasteiger partial charge is 0.236 e. The zero-order valence-electron chi connectivity index (χ0n) is 16.7. The van der Waals surface area contributed by atoms with Crippen molar-refractivity contribution in [2.45, 2.75) is 81.7 Å². The monoisotopic (exact) mass is 421 g/mol. The average Bonchev–Trinajstić information content (AvgIpc) is 3.12. The third kappa shape index (κ3) is 4.04. The van der Waals surface area contributed by atoms with Crippen molar-refractivity contribution in [3.63, 3.8) is 0 Å². The van der Waals surface area contributed by atoms with E-state index in [4.69, 9.17) is 4.74 Å². The minimum Gasteiger partial charge on any atom is -0.470 e.